The molecule has 124 valence electrons. The van der Waals surface area contributed by atoms with Crippen LogP contribution in [-0.4, -0.2) is 24.7 Å². The zero-order valence-corrected chi connectivity index (χ0v) is 13.2. The van der Waals surface area contributed by atoms with Crippen LogP contribution >= 0.6 is 0 Å². The van der Waals surface area contributed by atoms with Gasteiger partial charge in [0.05, 0.1) is 23.5 Å². The Hall–Kier alpha value is -3.35. The fourth-order valence-electron chi connectivity index (χ4n) is 2.78. The Morgan fingerprint density at radius 3 is 2.68 bits per heavy atom. The maximum absolute atomic E-state index is 14.3. The number of halogens is 1. The molecule has 1 N–H and O–H groups in total. The lowest BCUT2D eigenvalue weighted by molar-refractivity contribution is 0.549. The van der Waals surface area contributed by atoms with Crippen LogP contribution in [0.4, 0.5) is 10.2 Å². The lowest BCUT2D eigenvalue weighted by atomic mass is 10.1. The van der Waals surface area contributed by atoms with E-state index in [-0.39, 0.29) is 11.9 Å². The van der Waals surface area contributed by atoms with Gasteiger partial charge in [0.15, 0.2) is 0 Å². The molecule has 2 heterocycles. The number of nitrogens with zero attached hydrogens (tertiary/aromatic N) is 5. The normalized spacial score (nSPS) is 12.2. The molecule has 0 aliphatic rings. The van der Waals surface area contributed by atoms with Gasteiger partial charge in [-0.05, 0) is 17.7 Å². The maximum Gasteiger partial charge on any atom is 0.140 e. The van der Waals surface area contributed by atoms with E-state index in [4.69, 9.17) is 0 Å². The number of nitrogens with one attached hydrogen (secondary N) is 1. The Bertz CT molecular complexity index is 966. The average molecular weight is 334 g/mol. The molecule has 4 rings (SSSR count). The fraction of sp³-hybridized carbons (Fsp3) is 0.111. The number of hydrogen-bond donors (Lipinski definition) is 1. The molecule has 4 aromatic rings. The van der Waals surface area contributed by atoms with Gasteiger partial charge in [0.1, 0.15) is 30.6 Å². The van der Waals surface area contributed by atoms with Gasteiger partial charge in [-0.2, -0.15) is 5.10 Å². The summed E-state index contributed by atoms with van der Waals surface area (Å²) < 4.78 is 16.1. The molecule has 0 saturated carbocycles. The third kappa shape index (κ3) is 3.16. The van der Waals surface area contributed by atoms with Gasteiger partial charge in [0.2, 0.25) is 0 Å². The van der Waals surface area contributed by atoms with Crippen molar-refractivity contribution in [3.8, 4) is 0 Å². The van der Waals surface area contributed by atoms with E-state index in [9.17, 15) is 4.39 Å². The topological polar surface area (TPSA) is 68.5 Å². The molecule has 1 atom stereocenters. The number of aromatic nitrogens is 5. The molecule has 1 unspecified atom stereocenters. The standard InChI is InChI=1S/C18H15FN6/c19-14-7-4-8-15-17(14)18(22-11-21-15)24-16(9-25-12-20-10-23-25)13-5-2-1-3-6-13/h1-8,10-12,16H,9H2,(H,21,22,24). The van der Waals surface area contributed by atoms with Crippen LogP contribution in [0.3, 0.4) is 0 Å². The van der Waals surface area contributed by atoms with Crippen LogP contribution in [-0.2, 0) is 6.54 Å². The summed E-state index contributed by atoms with van der Waals surface area (Å²) in [4.78, 5) is 12.4. The van der Waals surface area contributed by atoms with E-state index in [2.05, 4.69) is 25.4 Å². The van der Waals surface area contributed by atoms with Crippen molar-refractivity contribution in [2.24, 2.45) is 0 Å². The van der Waals surface area contributed by atoms with Gasteiger partial charge in [-0.25, -0.2) is 19.3 Å². The average Bonchev–Trinajstić information content (AvgIpc) is 3.15. The predicted octanol–water partition coefficient (Wildman–Crippen LogP) is 3.21. The SMILES string of the molecule is Fc1cccc2ncnc(NC(Cn3cncn3)c3ccccc3)c12. The fourth-order valence-corrected chi connectivity index (χ4v) is 2.78. The second kappa shape index (κ2) is 6.64. The maximum atomic E-state index is 14.3. The number of rotatable bonds is 5. The first kappa shape index (κ1) is 15.2. The number of hydrogen-bond acceptors (Lipinski definition) is 5. The summed E-state index contributed by atoms with van der Waals surface area (Å²) in [7, 11) is 0. The Balaban J connectivity index is 1.74. The first-order valence-corrected chi connectivity index (χ1v) is 7.84. The van der Waals surface area contributed by atoms with Crippen LogP contribution in [0.2, 0.25) is 0 Å². The third-order valence-electron chi connectivity index (χ3n) is 3.96. The molecule has 0 amide bonds. The Morgan fingerprint density at radius 2 is 1.88 bits per heavy atom. The van der Waals surface area contributed by atoms with Crippen LogP contribution < -0.4 is 5.32 Å². The minimum absolute atomic E-state index is 0.152. The van der Waals surface area contributed by atoms with Gasteiger partial charge >= 0.3 is 0 Å². The highest BCUT2D eigenvalue weighted by atomic mass is 19.1. The molecule has 25 heavy (non-hydrogen) atoms. The van der Waals surface area contributed by atoms with E-state index in [0.717, 1.165) is 5.56 Å². The molecule has 0 bridgehead atoms. The van der Waals surface area contributed by atoms with Crippen molar-refractivity contribution >= 4 is 16.7 Å². The molecule has 6 nitrogen and oxygen atoms in total. The highest BCUT2D eigenvalue weighted by Gasteiger charge is 2.16. The first-order chi connectivity index (χ1) is 12.3. The van der Waals surface area contributed by atoms with Crippen molar-refractivity contribution in [1.29, 1.82) is 0 Å². The van der Waals surface area contributed by atoms with E-state index >= 15 is 0 Å². The van der Waals surface area contributed by atoms with Crippen molar-refractivity contribution in [3.05, 3.63) is 78.9 Å². The van der Waals surface area contributed by atoms with Gasteiger partial charge in [0.25, 0.3) is 0 Å². The molecular weight excluding hydrogens is 319 g/mol. The minimum Gasteiger partial charge on any atom is -0.361 e. The highest BCUT2D eigenvalue weighted by Crippen LogP contribution is 2.27. The molecule has 2 aromatic carbocycles. The van der Waals surface area contributed by atoms with E-state index in [1.54, 1.807) is 23.1 Å². The zero-order valence-electron chi connectivity index (χ0n) is 13.2. The number of anilines is 1. The van der Waals surface area contributed by atoms with E-state index < -0.39 is 0 Å². The number of benzene rings is 2. The van der Waals surface area contributed by atoms with Gasteiger partial charge in [-0.1, -0.05) is 36.4 Å². The Morgan fingerprint density at radius 1 is 1.00 bits per heavy atom. The highest BCUT2D eigenvalue weighted by molar-refractivity contribution is 5.89. The van der Waals surface area contributed by atoms with E-state index in [1.807, 2.05) is 30.3 Å². The molecule has 0 aliphatic heterocycles. The summed E-state index contributed by atoms with van der Waals surface area (Å²) in [5.41, 5.74) is 1.60. The van der Waals surface area contributed by atoms with Crippen LogP contribution in [0.5, 0.6) is 0 Å². The second-order valence-electron chi connectivity index (χ2n) is 5.58. The monoisotopic (exact) mass is 334 g/mol. The van der Waals surface area contributed by atoms with Crippen molar-refractivity contribution in [2.45, 2.75) is 12.6 Å². The summed E-state index contributed by atoms with van der Waals surface area (Å²) in [6.45, 7) is 0.532. The van der Waals surface area contributed by atoms with E-state index in [1.165, 1.54) is 18.7 Å². The predicted molar refractivity (Wildman–Crippen MR) is 92.3 cm³/mol. The van der Waals surface area contributed by atoms with E-state index in [0.29, 0.717) is 23.3 Å². The Labute approximate surface area is 143 Å². The van der Waals surface area contributed by atoms with Gasteiger partial charge in [-0.15, -0.1) is 0 Å². The molecule has 0 aliphatic carbocycles. The van der Waals surface area contributed by atoms with Crippen LogP contribution in [0.1, 0.15) is 11.6 Å². The molecule has 0 radical (unpaired) electrons. The third-order valence-corrected chi connectivity index (χ3v) is 3.96. The van der Waals surface area contributed by atoms with Crippen LogP contribution in [0.15, 0.2) is 67.5 Å². The molecule has 7 heteroatoms. The van der Waals surface area contributed by atoms with Crippen molar-refractivity contribution in [2.75, 3.05) is 5.32 Å². The summed E-state index contributed by atoms with van der Waals surface area (Å²) in [6.07, 6.45) is 4.57. The quantitative estimate of drug-likeness (QED) is 0.607. The largest absolute Gasteiger partial charge is 0.361 e. The summed E-state index contributed by atoms with van der Waals surface area (Å²) in [5.74, 6) is 0.102. The molecular formula is C18H15FN6. The lowest BCUT2D eigenvalue weighted by Gasteiger charge is -2.20. The van der Waals surface area contributed by atoms with Crippen molar-refractivity contribution < 1.29 is 4.39 Å². The van der Waals surface area contributed by atoms with Gasteiger partial charge in [-0.3, -0.25) is 4.68 Å². The summed E-state index contributed by atoms with van der Waals surface area (Å²) in [6, 6.07) is 14.6. The van der Waals surface area contributed by atoms with Gasteiger partial charge in [0, 0.05) is 0 Å². The number of fused-ring (bicyclic) bond motifs is 1. The molecule has 2 aromatic heterocycles. The molecule has 0 fully saturated rings. The molecule has 0 spiro atoms. The minimum atomic E-state index is -0.354. The van der Waals surface area contributed by atoms with Crippen molar-refractivity contribution in [1.82, 2.24) is 24.7 Å². The van der Waals surface area contributed by atoms with Crippen molar-refractivity contribution in [3.63, 3.8) is 0 Å². The lowest BCUT2D eigenvalue weighted by Crippen LogP contribution is -2.19. The first-order valence-electron chi connectivity index (χ1n) is 7.84. The van der Waals surface area contributed by atoms with Crippen LogP contribution in [0, 0.1) is 5.82 Å². The smallest absolute Gasteiger partial charge is 0.140 e. The molecule has 0 saturated heterocycles. The Kier molecular flexibility index (Phi) is 4.04. The summed E-state index contributed by atoms with van der Waals surface area (Å²) >= 11 is 0. The van der Waals surface area contributed by atoms with Gasteiger partial charge < -0.3 is 5.32 Å². The summed E-state index contributed by atoms with van der Waals surface area (Å²) in [5, 5.41) is 7.88. The second-order valence-corrected chi connectivity index (χ2v) is 5.58. The zero-order chi connectivity index (χ0) is 17.1. The van der Waals surface area contributed by atoms with Crippen LogP contribution in [0.25, 0.3) is 10.9 Å².